The van der Waals surface area contributed by atoms with Gasteiger partial charge in [-0.25, -0.2) is 9.97 Å². The smallest absolute Gasteiger partial charge is 0.169 e. The van der Waals surface area contributed by atoms with Gasteiger partial charge in [0.1, 0.15) is 5.52 Å². The molecule has 3 rings (SSSR count). The van der Waals surface area contributed by atoms with Crippen molar-refractivity contribution in [1.82, 2.24) is 23.7 Å². The third-order valence-electron chi connectivity index (χ3n) is 2.72. The molecule has 0 amide bonds. The average Bonchev–Trinajstić information content (AvgIpc) is 3.05. The quantitative estimate of drug-likeness (QED) is 0.609. The van der Waals surface area contributed by atoms with Gasteiger partial charge >= 0.3 is 0 Å². The first kappa shape index (κ1) is 15.3. The number of aryl methyl sites for hydroxylation is 2. The maximum absolute atomic E-state index is 4.67. The standard InChI is InChI=1S/C11H10IN5S.C2H6/c1-7-5-17(18-12)11-10(7)15-9(4-13-11)8-3-14-16(2)6-8;1-2/h3-6H,1-2H3;1-2H3. The fourth-order valence-electron chi connectivity index (χ4n) is 1.85. The lowest BCUT2D eigenvalue weighted by Gasteiger charge is -1.99. The molecule has 0 aliphatic heterocycles. The normalized spacial score (nSPS) is 10.4. The summed E-state index contributed by atoms with van der Waals surface area (Å²) in [6, 6.07) is 0. The molecule has 3 aromatic rings. The van der Waals surface area contributed by atoms with Gasteiger partial charge in [-0.1, -0.05) is 13.8 Å². The summed E-state index contributed by atoms with van der Waals surface area (Å²) in [7, 11) is 3.49. The van der Waals surface area contributed by atoms with Crippen molar-refractivity contribution < 1.29 is 0 Å². The van der Waals surface area contributed by atoms with Crippen molar-refractivity contribution in [2.24, 2.45) is 7.05 Å². The summed E-state index contributed by atoms with van der Waals surface area (Å²) in [6.07, 6.45) is 7.58. The summed E-state index contributed by atoms with van der Waals surface area (Å²) in [5.41, 5.74) is 4.82. The molecule has 0 saturated heterocycles. The van der Waals surface area contributed by atoms with Crippen LogP contribution in [0.4, 0.5) is 0 Å². The van der Waals surface area contributed by atoms with Crippen molar-refractivity contribution in [3.05, 3.63) is 30.4 Å². The Balaban J connectivity index is 0.000000704. The minimum absolute atomic E-state index is 0.856. The van der Waals surface area contributed by atoms with Crippen LogP contribution in [0.2, 0.25) is 0 Å². The van der Waals surface area contributed by atoms with Crippen LogP contribution >= 0.6 is 30.3 Å². The number of nitrogens with zero attached hydrogens (tertiary/aromatic N) is 5. The van der Waals surface area contributed by atoms with Gasteiger partial charge in [-0.15, -0.1) is 0 Å². The van der Waals surface area contributed by atoms with Gasteiger partial charge in [0.15, 0.2) is 5.65 Å². The van der Waals surface area contributed by atoms with Crippen LogP contribution in [0.1, 0.15) is 19.4 Å². The molecule has 0 atom stereocenters. The van der Waals surface area contributed by atoms with Crippen molar-refractivity contribution in [2.45, 2.75) is 20.8 Å². The first-order chi connectivity index (χ1) is 9.69. The molecule has 0 radical (unpaired) electrons. The topological polar surface area (TPSA) is 48.5 Å². The predicted molar refractivity (Wildman–Crippen MR) is 92.8 cm³/mol. The molecule has 7 heteroatoms. The molecule has 5 nitrogen and oxygen atoms in total. The summed E-state index contributed by atoms with van der Waals surface area (Å²) in [4.78, 5) is 9.17. The molecule has 3 aromatic heterocycles. The largest absolute Gasteiger partial charge is 0.275 e. The molecular weight excluding hydrogens is 385 g/mol. The van der Waals surface area contributed by atoms with E-state index in [1.54, 1.807) is 26.2 Å². The number of hydrogen-bond acceptors (Lipinski definition) is 4. The van der Waals surface area contributed by atoms with Gasteiger partial charge < -0.3 is 0 Å². The van der Waals surface area contributed by atoms with Gasteiger partial charge in [0, 0.05) is 55.3 Å². The third-order valence-corrected chi connectivity index (χ3v) is 4.42. The van der Waals surface area contributed by atoms with Crippen molar-refractivity contribution in [3.8, 4) is 11.3 Å². The van der Waals surface area contributed by atoms with Crippen LogP contribution in [-0.2, 0) is 7.05 Å². The maximum Gasteiger partial charge on any atom is 0.169 e. The fraction of sp³-hybridized carbons (Fsp3) is 0.308. The van der Waals surface area contributed by atoms with E-state index in [0.717, 1.165) is 28.0 Å². The lowest BCUT2D eigenvalue weighted by molar-refractivity contribution is 0.768. The Bertz CT molecular complexity index is 719. The van der Waals surface area contributed by atoms with Crippen molar-refractivity contribution in [2.75, 3.05) is 0 Å². The molecule has 0 bridgehead atoms. The van der Waals surface area contributed by atoms with E-state index in [-0.39, 0.29) is 0 Å². The molecule has 0 aromatic carbocycles. The van der Waals surface area contributed by atoms with Crippen molar-refractivity contribution in [3.63, 3.8) is 0 Å². The van der Waals surface area contributed by atoms with Crippen LogP contribution in [0.5, 0.6) is 0 Å². The SMILES string of the molecule is CC.Cc1cn(SI)c2ncc(-c3cnn(C)c3)nc12. The van der Waals surface area contributed by atoms with Crippen LogP contribution in [0.3, 0.4) is 0 Å². The van der Waals surface area contributed by atoms with Crippen molar-refractivity contribution in [1.29, 1.82) is 0 Å². The molecular formula is C13H16IN5S. The minimum Gasteiger partial charge on any atom is -0.275 e. The Morgan fingerprint density at radius 2 is 1.95 bits per heavy atom. The van der Waals surface area contributed by atoms with Crippen LogP contribution in [0.25, 0.3) is 22.4 Å². The van der Waals surface area contributed by atoms with Crippen LogP contribution < -0.4 is 0 Å². The van der Waals surface area contributed by atoms with Crippen LogP contribution in [0, 0.1) is 6.92 Å². The molecule has 0 aliphatic rings. The molecule has 0 fully saturated rings. The fourth-order valence-corrected chi connectivity index (χ4v) is 3.15. The molecule has 0 aliphatic carbocycles. The van der Waals surface area contributed by atoms with Gasteiger partial charge in [0.2, 0.25) is 0 Å². The minimum atomic E-state index is 0.856. The molecule has 3 heterocycles. The molecule has 0 saturated carbocycles. The second-order valence-electron chi connectivity index (χ2n) is 4.04. The Hall–Kier alpha value is -1.09. The number of hydrogen-bond donors (Lipinski definition) is 0. The summed E-state index contributed by atoms with van der Waals surface area (Å²) in [5, 5.41) is 4.16. The molecule has 0 unspecified atom stereocenters. The zero-order chi connectivity index (χ0) is 14.7. The highest BCUT2D eigenvalue weighted by atomic mass is 127. The summed E-state index contributed by atoms with van der Waals surface area (Å²) >= 11 is 2.24. The second-order valence-corrected chi connectivity index (χ2v) is 5.75. The first-order valence-electron chi connectivity index (χ1n) is 6.32. The Morgan fingerprint density at radius 1 is 1.20 bits per heavy atom. The highest BCUT2D eigenvalue weighted by Gasteiger charge is 2.11. The van der Waals surface area contributed by atoms with E-state index in [2.05, 4.69) is 42.5 Å². The third kappa shape index (κ3) is 2.83. The zero-order valence-corrected chi connectivity index (χ0v) is 14.8. The average molecular weight is 401 g/mol. The van der Waals surface area contributed by atoms with Gasteiger partial charge in [-0.2, -0.15) is 5.10 Å². The number of aromatic nitrogens is 5. The molecule has 0 N–H and O–H groups in total. The summed E-state index contributed by atoms with van der Waals surface area (Å²) < 4.78 is 3.78. The van der Waals surface area contributed by atoms with E-state index >= 15 is 0 Å². The van der Waals surface area contributed by atoms with E-state index in [1.807, 2.05) is 38.0 Å². The molecule has 0 spiro atoms. The number of rotatable bonds is 2. The van der Waals surface area contributed by atoms with E-state index in [4.69, 9.17) is 0 Å². The lowest BCUT2D eigenvalue weighted by atomic mass is 10.2. The van der Waals surface area contributed by atoms with Crippen molar-refractivity contribution >= 4 is 41.5 Å². The Morgan fingerprint density at radius 3 is 2.55 bits per heavy atom. The second kappa shape index (κ2) is 6.57. The number of fused-ring (bicyclic) bond motifs is 1. The van der Waals surface area contributed by atoms with Gasteiger partial charge in [-0.05, 0) is 12.5 Å². The van der Waals surface area contributed by atoms with E-state index < -0.39 is 0 Å². The Labute approximate surface area is 134 Å². The van der Waals surface area contributed by atoms with Gasteiger partial charge in [-0.3, -0.25) is 8.65 Å². The Kier molecular flexibility index (Phi) is 5.03. The number of halogens is 1. The molecule has 106 valence electrons. The van der Waals surface area contributed by atoms with E-state index in [0.29, 0.717) is 0 Å². The van der Waals surface area contributed by atoms with Crippen LogP contribution in [-0.4, -0.2) is 23.7 Å². The highest BCUT2D eigenvalue weighted by molar-refractivity contribution is 14.2. The molecule has 20 heavy (non-hydrogen) atoms. The summed E-state index contributed by atoms with van der Waals surface area (Å²) in [6.45, 7) is 6.05. The monoisotopic (exact) mass is 401 g/mol. The van der Waals surface area contributed by atoms with Gasteiger partial charge in [0.05, 0.1) is 18.1 Å². The van der Waals surface area contributed by atoms with Crippen LogP contribution in [0.15, 0.2) is 24.8 Å². The van der Waals surface area contributed by atoms with Gasteiger partial charge in [0.25, 0.3) is 0 Å². The predicted octanol–water partition coefficient (Wildman–Crippen LogP) is 4.01. The summed E-state index contributed by atoms with van der Waals surface area (Å²) in [5.74, 6) is 0. The maximum atomic E-state index is 4.67. The highest BCUT2D eigenvalue weighted by Crippen LogP contribution is 2.27. The zero-order valence-electron chi connectivity index (χ0n) is 11.8. The van der Waals surface area contributed by atoms with E-state index in [1.165, 1.54) is 0 Å². The lowest BCUT2D eigenvalue weighted by Crippen LogP contribution is -1.89. The first-order valence-corrected chi connectivity index (χ1v) is 9.63. The van der Waals surface area contributed by atoms with E-state index in [9.17, 15) is 0 Å².